The Kier molecular flexibility index (Phi) is 7.97. The zero-order valence-corrected chi connectivity index (χ0v) is 19.2. The zero-order chi connectivity index (χ0) is 23.0. The minimum absolute atomic E-state index is 0.0432. The minimum atomic E-state index is -0.562. The molecule has 0 aromatic heterocycles. The van der Waals surface area contributed by atoms with Gasteiger partial charge in [0.15, 0.2) is 0 Å². The van der Waals surface area contributed by atoms with Gasteiger partial charge in [0.1, 0.15) is 18.2 Å². The third-order valence-electron chi connectivity index (χ3n) is 6.08. The van der Waals surface area contributed by atoms with Gasteiger partial charge < -0.3 is 10.1 Å². The van der Waals surface area contributed by atoms with E-state index >= 15 is 0 Å². The molecule has 1 saturated heterocycles. The summed E-state index contributed by atoms with van der Waals surface area (Å²) >= 11 is 6.03. The first-order valence-corrected chi connectivity index (χ1v) is 11.7. The Hall–Kier alpha value is -2.89. The molecule has 1 N–H and O–H groups in total. The van der Waals surface area contributed by atoms with Crippen LogP contribution in [-0.2, 0) is 4.79 Å². The third kappa shape index (κ3) is 6.34. The minimum Gasteiger partial charge on any atom is -0.492 e. The lowest BCUT2D eigenvalue weighted by Crippen LogP contribution is -2.42. The lowest BCUT2D eigenvalue weighted by molar-refractivity contribution is -0.127. The number of ether oxygens (including phenoxy) is 1. The molecule has 3 aromatic carbocycles. The van der Waals surface area contributed by atoms with Gasteiger partial charge in [0.2, 0.25) is 5.91 Å². The second kappa shape index (κ2) is 11.3. The number of benzene rings is 3. The lowest BCUT2D eigenvalue weighted by atomic mass is 9.93. The highest BCUT2D eigenvalue weighted by Gasteiger charge is 2.28. The van der Waals surface area contributed by atoms with E-state index in [0.29, 0.717) is 17.2 Å². The van der Waals surface area contributed by atoms with Gasteiger partial charge in [-0.15, -0.1) is 0 Å². The fraction of sp³-hybridized carbons (Fsp3) is 0.296. The number of carbonyl (C=O) groups excluding carboxylic acids is 1. The molecule has 1 unspecified atom stereocenters. The number of nitrogens with zero attached hydrogens (tertiary/aromatic N) is 1. The molecule has 1 aliphatic heterocycles. The summed E-state index contributed by atoms with van der Waals surface area (Å²) in [5.74, 6) is 0.385. The van der Waals surface area contributed by atoms with E-state index in [1.54, 1.807) is 30.3 Å². The fourth-order valence-corrected chi connectivity index (χ4v) is 4.32. The van der Waals surface area contributed by atoms with E-state index in [1.807, 2.05) is 42.5 Å². The Bertz CT molecular complexity index is 1040. The third-order valence-corrected chi connectivity index (χ3v) is 6.34. The van der Waals surface area contributed by atoms with Crippen LogP contribution in [-0.4, -0.2) is 37.0 Å². The Balaban J connectivity index is 1.34. The van der Waals surface area contributed by atoms with Gasteiger partial charge in [-0.1, -0.05) is 60.1 Å². The number of carbonyl (C=O) groups is 1. The Morgan fingerprint density at radius 2 is 1.67 bits per heavy atom. The van der Waals surface area contributed by atoms with Gasteiger partial charge in [0.05, 0.1) is 6.04 Å². The van der Waals surface area contributed by atoms with E-state index < -0.39 is 6.04 Å². The van der Waals surface area contributed by atoms with Gasteiger partial charge in [-0.25, -0.2) is 4.39 Å². The number of amides is 1. The first-order valence-electron chi connectivity index (χ1n) is 11.3. The van der Waals surface area contributed by atoms with Crippen LogP contribution in [0.15, 0.2) is 78.9 Å². The van der Waals surface area contributed by atoms with Crippen molar-refractivity contribution in [3.8, 4) is 5.75 Å². The molecule has 172 valence electrons. The van der Waals surface area contributed by atoms with Crippen LogP contribution in [0.3, 0.4) is 0 Å². The molecule has 0 saturated carbocycles. The number of halogens is 2. The van der Waals surface area contributed by atoms with Crippen LogP contribution in [0.1, 0.15) is 30.0 Å². The van der Waals surface area contributed by atoms with Crippen LogP contribution in [0.2, 0.25) is 5.02 Å². The number of piperidine rings is 1. The number of hydrogen-bond acceptors (Lipinski definition) is 3. The smallest absolute Gasteiger partial charge is 0.223 e. The van der Waals surface area contributed by atoms with Crippen LogP contribution in [0, 0.1) is 11.7 Å². The Morgan fingerprint density at radius 3 is 2.36 bits per heavy atom. The largest absolute Gasteiger partial charge is 0.492 e. The molecular formula is C27H28ClFN2O2. The molecule has 1 amide bonds. The van der Waals surface area contributed by atoms with Gasteiger partial charge in [-0.2, -0.15) is 0 Å². The van der Waals surface area contributed by atoms with E-state index in [0.717, 1.165) is 43.8 Å². The topological polar surface area (TPSA) is 41.6 Å². The molecule has 3 aromatic rings. The SMILES string of the molecule is O=C(NC(c1ccc(Cl)cc1)c1ccccc1F)C1CCN(CCOc2ccccc2)CC1. The van der Waals surface area contributed by atoms with E-state index in [-0.39, 0.29) is 17.6 Å². The van der Waals surface area contributed by atoms with Crippen molar-refractivity contribution in [2.45, 2.75) is 18.9 Å². The molecular weight excluding hydrogens is 439 g/mol. The van der Waals surface area contributed by atoms with Gasteiger partial charge >= 0.3 is 0 Å². The number of rotatable bonds is 8. The maximum atomic E-state index is 14.6. The van der Waals surface area contributed by atoms with Crippen molar-refractivity contribution in [1.29, 1.82) is 0 Å². The van der Waals surface area contributed by atoms with Crippen LogP contribution in [0.25, 0.3) is 0 Å². The summed E-state index contributed by atoms with van der Waals surface area (Å²) in [5.41, 5.74) is 1.25. The van der Waals surface area contributed by atoms with Crippen molar-refractivity contribution < 1.29 is 13.9 Å². The first-order chi connectivity index (χ1) is 16.1. The highest BCUT2D eigenvalue weighted by Crippen LogP contribution is 2.27. The first kappa shape index (κ1) is 23.3. The van der Waals surface area contributed by atoms with Gasteiger partial charge in [0, 0.05) is 23.0 Å². The zero-order valence-electron chi connectivity index (χ0n) is 18.4. The van der Waals surface area contributed by atoms with Gasteiger partial charge in [0.25, 0.3) is 0 Å². The standard InChI is InChI=1S/C27H28ClFN2O2/c28-22-12-10-20(11-13-22)26(24-8-4-5-9-25(24)29)30-27(32)21-14-16-31(17-15-21)18-19-33-23-6-2-1-3-7-23/h1-13,21,26H,14-19H2,(H,30,32). The fourth-order valence-electron chi connectivity index (χ4n) is 4.19. The van der Waals surface area contributed by atoms with Crippen molar-refractivity contribution >= 4 is 17.5 Å². The average Bonchev–Trinajstić information content (AvgIpc) is 2.85. The molecule has 0 bridgehead atoms. The maximum absolute atomic E-state index is 14.6. The van der Waals surface area contributed by atoms with Crippen LogP contribution >= 0.6 is 11.6 Å². The molecule has 1 aliphatic rings. The second-order valence-electron chi connectivity index (χ2n) is 8.29. The number of nitrogens with one attached hydrogen (secondary N) is 1. The van der Waals surface area contributed by atoms with E-state index in [4.69, 9.17) is 16.3 Å². The quantitative estimate of drug-likeness (QED) is 0.478. The average molecular weight is 467 g/mol. The van der Waals surface area contributed by atoms with Crippen molar-refractivity contribution in [2.75, 3.05) is 26.2 Å². The summed E-state index contributed by atoms with van der Waals surface area (Å²) in [4.78, 5) is 15.5. The molecule has 1 fully saturated rings. The highest BCUT2D eigenvalue weighted by atomic mass is 35.5. The van der Waals surface area contributed by atoms with E-state index in [1.165, 1.54) is 6.07 Å². The summed E-state index contributed by atoms with van der Waals surface area (Å²) in [6.45, 7) is 3.11. The Labute approximate surface area is 199 Å². The molecule has 1 atom stereocenters. The molecule has 0 radical (unpaired) electrons. The van der Waals surface area contributed by atoms with Gasteiger partial charge in [-0.3, -0.25) is 9.69 Å². The molecule has 33 heavy (non-hydrogen) atoms. The second-order valence-corrected chi connectivity index (χ2v) is 8.73. The molecule has 6 heteroatoms. The maximum Gasteiger partial charge on any atom is 0.223 e. The number of para-hydroxylation sites is 1. The lowest BCUT2D eigenvalue weighted by Gasteiger charge is -2.32. The predicted molar refractivity (Wildman–Crippen MR) is 129 cm³/mol. The number of likely N-dealkylation sites (tertiary alicyclic amines) is 1. The van der Waals surface area contributed by atoms with Crippen molar-refractivity contribution in [3.63, 3.8) is 0 Å². The number of hydrogen-bond donors (Lipinski definition) is 1. The van der Waals surface area contributed by atoms with Crippen molar-refractivity contribution in [2.24, 2.45) is 5.92 Å². The Morgan fingerprint density at radius 1 is 1.00 bits per heavy atom. The molecule has 0 aliphatic carbocycles. The normalized spacial score (nSPS) is 15.7. The molecule has 4 nitrogen and oxygen atoms in total. The van der Waals surface area contributed by atoms with Crippen LogP contribution < -0.4 is 10.1 Å². The molecule has 0 spiro atoms. The summed E-state index contributed by atoms with van der Waals surface area (Å²) in [6, 6.07) is 22.9. The summed E-state index contributed by atoms with van der Waals surface area (Å²) in [6.07, 6.45) is 1.53. The molecule has 1 heterocycles. The van der Waals surface area contributed by atoms with Crippen molar-refractivity contribution in [3.05, 3.63) is 101 Å². The van der Waals surface area contributed by atoms with Crippen molar-refractivity contribution in [1.82, 2.24) is 10.2 Å². The van der Waals surface area contributed by atoms with Gasteiger partial charge in [-0.05, 0) is 61.8 Å². The summed E-state index contributed by atoms with van der Waals surface area (Å²) in [7, 11) is 0. The summed E-state index contributed by atoms with van der Waals surface area (Å²) in [5, 5.41) is 3.69. The highest BCUT2D eigenvalue weighted by molar-refractivity contribution is 6.30. The van der Waals surface area contributed by atoms with E-state index in [9.17, 15) is 9.18 Å². The van der Waals surface area contributed by atoms with Crippen LogP contribution in [0.5, 0.6) is 5.75 Å². The predicted octanol–water partition coefficient (Wildman–Crippen LogP) is 5.48. The summed E-state index contributed by atoms with van der Waals surface area (Å²) < 4.78 is 20.4. The monoisotopic (exact) mass is 466 g/mol. The molecule has 4 rings (SSSR count). The van der Waals surface area contributed by atoms with E-state index in [2.05, 4.69) is 10.2 Å². The van der Waals surface area contributed by atoms with Crippen LogP contribution in [0.4, 0.5) is 4.39 Å².